The Bertz CT molecular complexity index is 1180. The summed E-state index contributed by atoms with van der Waals surface area (Å²) in [7, 11) is 0. The van der Waals surface area contributed by atoms with E-state index in [4.69, 9.17) is 23.7 Å². The van der Waals surface area contributed by atoms with Crippen LogP contribution in [-0.2, 0) is 30.3 Å². The van der Waals surface area contributed by atoms with Crippen molar-refractivity contribution in [2.75, 3.05) is 6.61 Å². The average molecular weight is 454 g/mol. The molecule has 0 radical (unpaired) electrons. The molecule has 0 saturated heterocycles. The van der Waals surface area contributed by atoms with Crippen LogP contribution >= 0.6 is 0 Å². The smallest absolute Gasteiger partial charge is 0.308 e. The summed E-state index contributed by atoms with van der Waals surface area (Å²) < 4.78 is 27.5. The highest BCUT2D eigenvalue weighted by Gasteiger charge is 2.54. The van der Waals surface area contributed by atoms with Gasteiger partial charge in [-0.05, 0) is 29.3 Å². The summed E-state index contributed by atoms with van der Waals surface area (Å²) >= 11 is 0. The van der Waals surface area contributed by atoms with Gasteiger partial charge in [0.1, 0.15) is 18.1 Å². The standard InChI is InChI=1S/C24H22O9/c1-12(25)30-17-5-6-18-20(8-17)29-11-24(33-15(4)28)10-16-7-21(31-13(2)26)22(32-14(3)27)9-19(16)23(18)24/h5-9,23H,10-11H2,1-4H3/t23-,24+/m0/s1. The molecule has 2 aliphatic rings. The maximum absolute atomic E-state index is 12.0. The van der Waals surface area contributed by atoms with Gasteiger partial charge in [-0.25, -0.2) is 0 Å². The highest BCUT2D eigenvalue weighted by molar-refractivity contribution is 5.75. The van der Waals surface area contributed by atoms with E-state index in [1.807, 2.05) is 0 Å². The fourth-order valence-electron chi connectivity index (χ4n) is 4.52. The Morgan fingerprint density at radius 1 is 0.818 bits per heavy atom. The number of ether oxygens (including phenoxy) is 5. The molecule has 0 bridgehead atoms. The third-order valence-corrected chi connectivity index (χ3v) is 5.42. The first-order valence-electron chi connectivity index (χ1n) is 10.3. The Morgan fingerprint density at radius 2 is 1.45 bits per heavy atom. The second kappa shape index (κ2) is 8.23. The minimum Gasteiger partial charge on any atom is -0.489 e. The Balaban J connectivity index is 1.87. The van der Waals surface area contributed by atoms with Gasteiger partial charge in [-0.15, -0.1) is 0 Å². The zero-order valence-electron chi connectivity index (χ0n) is 18.6. The molecule has 33 heavy (non-hydrogen) atoms. The van der Waals surface area contributed by atoms with Crippen LogP contribution in [0.3, 0.4) is 0 Å². The minimum absolute atomic E-state index is 0.0499. The lowest BCUT2D eigenvalue weighted by Crippen LogP contribution is -2.47. The second-order valence-corrected chi connectivity index (χ2v) is 8.04. The summed E-state index contributed by atoms with van der Waals surface area (Å²) in [6.07, 6.45) is 0.298. The van der Waals surface area contributed by atoms with Crippen molar-refractivity contribution in [2.24, 2.45) is 0 Å². The largest absolute Gasteiger partial charge is 0.489 e. The summed E-state index contributed by atoms with van der Waals surface area (Å²) in [5.74, 6) is -1.55. The number of benzene rings is 2. The molecule has 1 aliphatic heterocycles. The zero-order valence-corrected chi connectivity index (χ0v) is 18.6. The fourth-order valence-corrected chi connectivity index (χ4v) is 4.52. The molecule has 1 aliphatic carbocycles. The number of fused-ring (bicyclic) bond motifs is 5. The van der Waals surface area contributed by atoms with E-state index in [2.05, 4.69) is 0 Å². The number of hydrogen-bond donors (Lipinski definition) is 0. The lowest BCUT2D eigenvalue weighted by Gasteiger charge is -2.39. The molecule has 2 atom stereocenters. The van der Waals surface area contributed by atoms with Crippen molar-refractivity contribution in [1.82, 2.24) is 0 Å². The molecule has 2 aromatic carbocycles. The highest BCUT2D eigenvalue weighted by atomic mass is 16.6. The van der Waals surface area contributed by atoms with Crippen LogP contribution < -0.4 is 18.9 Å². The molecule has 0 amide bonds. The summed E-state index contributed by atoms with van der Waals surface area (Å²) in [5.41, 5.74) is 1.17. The lowest BCUT2D eigenvalue weighted by molar-refractivity contribution is -0.162. The van der Waals surface area contributed by atoms with Crippen molar-refractivity contribution >= 4 is 23.9 Å². The molecule has 0 spiro atoms. The van der Waals surface area contributed by atoms with Crippen molar-refractivity contribution in [2.45, 2.75) is 45.6 Å². The predicted molar refractivity (Wildman–Crippen MR) is 112 cm³/mol. The van der Waals surface area contributed by atoms with Gasteiger partial charge in [0, 0.05) is 45.7 Å². The fraction of sp³-hybridized carbons (Fsp3) is 0.333. The van der Waals surface area contributed by atoms with Crippen LogP contribution in [0.2, 0.25) is 0 Å². The van der Waals surface area contributed by atoms with E-state index >= 15 is 0 Å². The Labute approximate surface area is 189 Å². The predicted octanol–water partition coefficient (Wildman–Crippen LogP) is 2.84. The molecule has 4 rings (SSSR count). The molecular formula is C24H22O9. The molecule has 0 saturated carbocycles. The maximum Gasteiger partial charge on any atom is 0.308 e. The van der Waals surface area contributed by atoms with Crippen LogP contribution in [0.25, 0.3) is 0 Å². The molecule has 172 valence electrons. The number of rotatable bonds is 4. The molecule has 0 unspecified atom stereocenters. The number of esters is 4. The summed E-state index contributed by atoms with van der Waals surface area (Å²) in [6.45, 7) is 5.16. The van der Waals surface area contributed by atoms with Crippen LogP contribution in [-0.4, -0.2) is 36.1 Å². The topological polar surface area (TPSA) is 114 Å². The zero-order chi connectivity index (χ0) is 23.9. The Morgan fingerprint density at radius 3 is 2.06 bits per heavy atom. The van der Waals surface area contributed by atoms with Gasteiger partial charge in [0.25, 0.3) is 0 Å². The summed E-state index contributed by atoms with van der Waals surface area (Å²) in [5, 5.41) is 0. The van der Waals surface area contributed by atoms with Crippen LogP contribution in [0.4, 0.5) is 0 Å². The first-order valence-corrected chi connectivity index (χ1v) is 10.3. The second-order valence-electron chi connectivity index (χ2n) is 8.04. The quantitative estimate of drug-likeness (QED) is 0.508. The monoisotopic (exact) mass is 454 g/mol. The van der Waals surface area contributed by atoms with Gasteiger partial charge < -0.3 is 23.7 Å². The van der Waals surface area contributed by atoms with E-state index in [9.17, 15) is 19.2 Å². The van der Waals surface area contributed by atoms with Crippen LogP contribution in [0.5, 0.6) is 23.0 Å². The first kappa shape index (κ1) is 22.3. The summed E-state index contributed by atoms with van der Waals surface area (Å²) in [4.78, 5) is 46.6. The van der Waals surface area contributed by atoms with Gasteiger partial charge in [-0.3, -0.25) is 19.2 Å². The Kier molecular flexibility index (Phi) is 5.57. The van der Waals surface area contributed by atoms with E-state index in [-0.39, 0.29) is 18.1 Å². The van der Waals surface area contributed by atoms with Gasteiger partial charge in [0.15, 0.2) is 17.1 Å². The van der Waals surface area contributed by atoms with Crippen LogP contribution in [0.1, 0.15) is 50.3 Å². The van der Waals surface area contributed by atoms with Crippen molar-refractivity contribution in [3.63, 3.8) is 0 Å². The van der Waals surface area contributed by atoms with Crippen molar-refractivity contribution in [3.05, 3.63) is 47.0 Å². The third-order valence-electron chi connectivity index (χ3n) is 5.42. The van der Waals surface area contributed by atoms with Gasteiger partial charge in [0.2, 0.25) is 0 Å². The van der Waals surface area contributed by atoms with Crippen molar-refractivity contribution in [1.29, 1.82) is 0 Å². The van der Waals surface area contributed by atoms with Gasteiger partial charge in [-0.1, -0.05) is 6.07 Å². The van der Waals surface area contributed by atoms with Crippen molar-refractivity contribution < 1.29 is 42.9 Å². The van der Waals surface area contributed by atoms with E-state index in [1.54, 1.807) is 30.3 Å². The van der Waals surface area contributed by atoms with E-state index < -0.39 is 35.4 Å². The number of carbonyl (C=O) groups is 4. The molecule has 1 heterocycles. The van der Waals surface area contributed by atoms with E-state index in [0.29, 0.717) is 23.5 Å². The normalized spacial score (nSPS) is 19.8. The van der Waals surface area contributed by atoms with E-state index in [0.717, 1.165) is 11.1 Å². The molecular weight excluding hydrogens is 432 g/mol. The third kappa shape index (κ3) is 4.26. The van der Waals surface area contributed by atoms with Gasteiger partial charge >= 0.3 is 23.9 Å². The number of hydrogen-bond acceptors (Lipinski definition) is 9. The van der Waals surface area contributed by atoms with Crippen LogP contribution in [0, 0.1) is 0 Å². The molecule has 9 nitrogen and oxygen atoms in total. The van der Waals surface area contributed by atoms with Gasteiger partial charge in [0.05, 0.1) is 5.92 Å². The van der Waals surface area contributed by atoms with Crippen LogP contribution in [0.15, 0.2) is 30.3 Å². The molecule has 0 N–H and O–H groups in total. The molecule has 0 aromatic heterocycles. The molecule has 2 aromatic rings. The van der Waals surface area contributed by atoms with Gasteiger partial charge in [-0.2, -0.15) is 0 Å². The van der Waals surface area contributed by atoms with Crippen molar-refractivity contribution in [3.8, 4) is 23.0 Å². The maximum atomic E-state index is 12.0. The lowest BCUT2D eigenvalue weighted by atomic mass is 9.80. The first-order chi connectivity index (χ1) is 15.6. The minimum atomic E-state index is -1.05. The highest BCUT2D eigenvalue weighted by Crippen LogP contribution is 2.55. The Hall–Kier alpha value is -3.88. The van der Waals surface area contributed by atoms with E-state index in [1.165, 1.54) is 27.7 Å². The summed E-state index contributed by atoms with van der Waals surface area (Å²) in [6, 6.07) is 8.22. The number of carbonyl (C=O) groups excluding carboxylic acids is 4. The SMILES string of the molecule is CC(=O)Oc1ccc2c(c1)OC[C@]1(OC(C)=O)Cc3cc(OC(C)=O)c(OC(C)=O)cc3[C@H]21. The molecule has 9 heteroatoms. The average Bonchev–Trinajstić information content (AvgIpc) is 2.99. The molecule has 0 fully saturated rings.